The highest BCUT2D eigenvalue weighted by atomic mass is 31.2. The van der Waals surface area contributed by atoms with E-state index >= 15 is 0 Å². The van der Waals surface area contributed by atoms with E-state index in [1.165, 1.54) is 19.2 Å². The van der Waals surface area contributed by atoms with Gasteiger partial charge in [0.05, 0.1) is 30.2 Å². The highest BCUT2D eigenvalue weighted by Gasteiger charge is 2.15. The van der Waals surface area contributed by atoms with Gasteiger partial charge in [-0.1, -0.05) is 6.07 Å². The molecule has 0 atom stereocenters. The fourth-order valence-electron chi connectivity index (χ4n) is 2.38. The van der Waals surface area contributed by atoms with Crippen LogP contribution < -0.4 is 10.1 Å². The molecule has 0 radical (unpaired) electrons. The Morgan fingerprint density at radius 1 is 1.20 bits per heavy atom. The lowest BCUT2D eigenvalue weighted by atomic mass is 10.2. The summed E-state index contributed by atoms with van der Waals surface area (Å²) in [5.41, 5.74) is 1.64. The zero-order chi connectivity index (χ0) is 18.0. The van der Waals surface area contributed by atoms with E-state index in [1.807, 2.05) is 0 Å². The quantitative estimate of drug-likeness (QED) is 0.598. The maximum Gasteiger partial charge on any atom is 0.329 e. The Balaban J connectivity index is 1.92. The van der Waals surface area contributed by atoms with E-state index in [1.54, 1.807) is 24.5 Å². The number of aromatic nitrogens is 2. The minimum absolute atomic E-state index is 0.178. The molecule has 0 aliphatic carbocycles. The van der Waals surface area contributed by atoms with Crippen molar-refractivity contribution >= 4 is 29.9 Å². The molecule has 0 saturated carbocycles. The maximum absolute atomic E-state index is 14.3. The first-order valence-corrected chi connectivity index (χ1v) is 9.04. The predicted molar refractivity (Wildman–Crippen MR) is 91.5 cm³/mol. The molecule has 0 aliphatic rings. The van der Waals surface area contributed by atoms with Crippen LogP contribution in [0, 0.1) is 5.82 Å². The molecule has 3 N–H and O–H groups in total. The molecule has 9 heteroatoms. The Morgan fingerprint density at radius 3 is 2.68 bits per heavy atom. The molecule has 3 aromatic rings. The summed E-state index contributed by atoms with van der Waals surface area (Å²) in [5.74, 6) is -0.192. The van der Waals surface area contributed by atoms with Gasteiger partial charge in [-0.15, -0.1) is 0 Å². The lowest BCUT2D eigenvalue weighted by molar-refractivity contribution is 0.371. The molecule has 2 aromatic heterocycles. The Labute approximate surface area is 142 Å². The van der Waals surface area contributed by atoms with Gasteiger partial charge in [0.1, 0.15) is 5.82 Å². The van der Waals surface area contributed by atoms with Gasteiger partial charge in [-0.05, 0) is 23.8 Å². The predicted octanol–water partition coefficient (Wildman–Crippen LogP) is 3.20. The molecular weight excluding hydrogens is 348 g/mol. The number of benzene rings is 1. The second kappa shape index (κ2) is 6.76. The Morgan fingerprint density at radius 2 is 2.00 bits per heavy atom. The third-order valence-corrected chi connectivity index (χ3v) is 4.28. The Hall–Kier alpha value is -2.54. The number of methoxy groups -OCH3 is 1. The van der Waals surface area contributed by atoms with Crippen molar-refractivity contribution in [1.29, 1.82) is 0 Å². The third-order valence-electron chi connectivity index (χ3n) is 3.50. The summed E-state index contributed by atoms with van der Waals surface area (Å²) in [4.78, 5) is 26.3. The molecular formula is C16H15FN3O4P. The summed E-state index contributed by atoms with van der Waals surface area (Å²) in [5, 5.41) is 3.64. The van der Waals surface area contributed by atoms with Crippen molar-refractivity contribution in [1.82, 2.24) is 9.97 Å². The van der Waals surface area contributed by atoms with Crippen molar-refractivity contribution in [3.8, 4) is 5.88 Å². The molecule has 0 saturated heterocycles. The van der Waals surface area contributed by atoms with E-state index in [0.29, 0.717) is 22.5 Å². The first kappa shape index (κ1) is 17.3. The maximum atomic E-state index is 14.3. The SMILES string of the molecule is COc1cc2nccc(Nc3ccc(CP(=O)(O)O)cc3F)c2cn1. The fraction of sp³-hybridized carbons (Fsp3) is 0.125. The van der Waals surface area contributed by atoms with E-state index in [-0.39, 0.29) is 11.3 Å². The number of anilines is 2. The molecule has 0 aliphatic heterocycles. The van der Waals surface area contributed by atoms with Crippen LogP contribution in [0.25, 0.3) is 10.9 Å². The topological polar surface area (TPSA) is 105 Å². The van der Waals surface area contributed by atoms with Crippen LogP contribution in [0.1, 0.15) is 5.56 Å². The summed E-state index contributed by atoms with van der Waals surface area (Å²) in [6.07, 6.45) is 2.64. The number of halogens is 1. The number of rotatable bonds is 5. The van der Waals surface area contributed by atoms with Crippen molar-refractivity contribution in [3.05, 3.63) is 54.1 Å². The van der Waals surface area contributed by atoms with Crippen LogP contribution in [0.2, 0.25) is 0 Å². The molecule has 0 spiro atoms. The average Bonchev–Trinajstić information content (AvgIpc) is 2.55. The highest BCUT2D eigenvalue weighted by Crippen LogP contribution is 2.39. The zero-order valence-electron chi connectivity index (χ0n) is 13.2. The summed E-state index contributed by atoms with van der Waals surface area (Å²) < 4.78 is 30.3. The molecule has 25 heavy (non-hydrogen) atoms. The fourth-order valence-corrected chi connectivity index (χ4v) is 3.06. The molecule has 2 heterocycles. The molecule has 130 valence electrons. The lowest BCUT2D eigenvalue weighted by Crippen LogP contribution is -1.98. The van der Waals surface area contributed by atoms with Crippen molar-refractivity contribution in [3.63, 3.8) is 0 Å². The van der Waals surface area contributed by atoms with Crippen LogP contribution in [-0.2, 0) is 10.7 Å². The van der Waals surface area contributed by atoms with Crippen LogP contribution >= 0.6 is 7.60 Å². The van der Waals surface area contributed by atoms with Gasteiger partial charge in [-0.3, -0.25) is 9.55 Å². The molecule has 0 fully saturated rings. The second-order valence-electron chi connectivity index (χ2n) is 5.36. The molecule has 0 bridgehead atoms. The van der Waals surface area contributed by atoms with Crippen molar-refractivity contribution in [2.24, 2.45) is 0 Å². The second-order valence-corrected chi connectivity index (χ2v) is 7.01. The highest BCUT2D eigenvalue weighted by molar-refractivity contribution is 7.50. The van der Waals surface area contributed by atoms with Gasteiger partial charge in [-0.25, -0.2) is 9.37 Å². The van der Waals surface area contributed by atoms with Crippen LogP contribution in [-0.4, -0.2) is 26.9 Å². The summed E-state index contributed by atoms with van der Waals surface area (Å²) in [6, 6.07) is 7.35. The van der Waals surface area contributed by atoms with Crippen LogP contribution in [0.5, 0.6) is 5.88 Å². The van der Waals surface area contributed by atoms with E-state index in [9.17, 15) is 8.96 Å². The third kappa shape index (κ3) is 4.11. The van der Waals surface area contributed by atoms with E-state index in [4.69, 9.17) is 14.5 Å². The number of pyridine rings is 2. The molecule has 7 nitrogen and oxygen atoms in total. The first-order valence-electron chi connectivity index (χ1n) is 7.24. The minimum Gasteiger partial charge on any atom is -0.481 e. The van der Waals surface area contributed by atoms with Gasteiger partial charge < -0.3 is 19.8 Å². The van der Waals surface area contributed by atoms with Gasteiger partial charge in [-0.2, -0.15) is 0 Å². The number of nitrogens with zero attached hydrogens (tertiary/aromatic N) is 2. The van der Waals surface area contributed by atoms with Crippen molar-refractivity contribution in [2.45, 2.75) is 6.16 Å². The van der Waals surface area contributed by atoms with Gasteiger partial charge in [0, 0.05) is 23.8 Å². The van der Waals surface area contributed by atoms with Gasteiger partial charge in [0.25, 0.3) is 0 Å². The van der Waals surface area contributed by atoms with Gasteiger partial charge in [0.2, 0.25) is 5.88 Å². The van der Waals surface area contributed by atoms with Gasteiger partial charge in [0.15, 0.2) is 0 Å². The molecule has 1 aromatic carbocycles. The van der Waals surface area contributed by atoms with Crippen LogP contribution in [0.3, 0.4) is 0 Å². The van der Waals surface area contributed by atoms with Crippen molar-refractivity contribution < 1.29 is 23.5 Å². The Bertz CT molecular complexity index is 977. The summed E-state index contributed by atoms with van der Waals surface area (Å²) in [6.45, 7) is 0. The number of hydrogen-bond donors (Lipinski definition) is 3. The smallest absolute Gasteiger partial charge is 0.329 e. The van der Waals surface area contributed by atoms with E-state index < -0.39 is 19.6 Å². The van der Waals surface area contributed by atoms with Crippen molar-refractivity contribution in [2.75, 3.05) is 12.4 Å². The van der Waals surface area contributed by atoms with Gasteiger partial charge >= 0.3 is 7.60 Å². The Kier molecular flexibility index (Phi) is 4.67. The first-order chi connectivity index (χ1) is 11.9. The number of hydrogen-bond acceptors (Lipinski definition) is 5. The normalized spacial score (nSPS) is 11.5. The lowest BCUT2D eigenvalue weighted by Gasteiger charge is -2.12. The van der Waals surface area contributed by atoms with E-state index in [2.05, 4.69) is 15.3 Å². The monoisotopic (exact) mass is 363 g/mol. The van der Waals surface area contributed by atoms with E-state index in [0.717, 1.165) is 6.07 Å². The average molecular weight is 363 g/mol. The number of fused-ring (bicyclic) bond motifs is 1. The zero-order valence-corrected chi connectivity index (χ0v) is 14.1. The number of ether oxygens (including phenoxy) is 1. The number of nitrogens with one attached hydrogen (secondary N) is 1. The van der Waals surface area contributed by atoms with Crippen LogP contribution in [0.15, 0.2) is 42.7 Å². The summed E-state index contributed by atoms with van der Waals surface area (Å²) >= 11 is 0. The summed E-state index contributed by atoms with van der Waals surface area (Å²) in [7, 11) is -2.74. The largest absolute Gasteiger partial charge is 0.481 e. The standard InChI is InChI=1S/C16H15FN3O4P/c1-24-16-7-15-11(8-19-16)13(4-5-18-15)20-14-3-2-10(6-12(14)17)9-25(21,22)23/h2-8H,9H2,1H3,(H,18,20)(H2,21,22,23). The van der Waals surface area contributed by atoms with Crippen LogP contribution in [0.4, 0.5) is 15.8 Å². The molecule has 3 rings (SSSR count). The molecule has 0 amide bonds. The minimum atomic E-state index is -4.24. The molecule has 0 unspecified atom stereocenters.